The number of methoxy groups -OCH3 is 1. The summed E-state index contributed by atoms with van der Waals surface area (Å²) in [4.78, 5) is 31.7. The van der Waals surface area contributed by atoms with Gasteiger partial charge in [-0.05, 0) is 39.8 Å². The van der Waals surface area contributed by atoms with Gasteiger partial charge in [0.25, 0.3) is 5.56 Å². The molecule has 144 valence electrons. The normalized spacial score (nSPS) is 17.6. The minimum atomic E-state index is -0.434. The third-order valence-electron chi connectivity index (χ3n) is 4.69. The highest BCUT2D eigenvalue weighted by Crippen LogP contribution is 2.41. The molecule has 1 aromatic heterocycles. The average molecular weight is 371 g/mol. The van der Waals surface area contributed by atoms with Gasteiger partial charge >= 0.3 is 0 Å². The highest BCUT2D eigenvalue weighted by molar-refractivity contribution is 5.79. The zero-order chi connectivity index (χ0) is 19.8. The van der Waals surface area contributed by atoms with Crippen LogP contribution in [0.15, 0.2) is 23.0 Å². The van der Waals surface area contributed by atoms with E-state index >= 15 is 0 Å². The lowest BCUT2D eigenvalue weighted by Gasteiger charge is -2.38. The van der Waals surface area contributed by atoms with Crippen molar-refractivity contribution in [2.75, 3.05) is 7.11 Å². The Balaban J connectivity index is 1.83. The first kappa shape index (κ1) is 18.9. The van der Waals surface area contributed by atoms with E-state index in [1.165, 1.54) is 0 Å². The molecule has 1 atom stereocenters. The van der Waals surface area contributed by atoms with Gasteiger partial charge in [-0.25, -0.2) is 4.98 Å². The summed E-state index contributed by atoms with van der Waals surface area (Å²) in [5.41, 5.74) is 1.16. The number of carbonyl (C=O) groups is 1. The first-order valence-corrected chi connectivity index (χ1v) is 8.91. The maximum Gasteiger partial charge on any atom is 0.254 e. The second-order valence-corrected chi connectivity index (χ2v) is 7.48. The molecule has 2 aromatic rings. The fourth-order valence-electron chi connectivity index (χ4n) is 3.45. The van der Waals surface area contributed by atoms with Crippen LogP contribution in [0.4, 0.5) is 0 Å². The fourth-order valence-corrected chi connectivity index (χ4v) is 3.45. The molecule has 0 bridgehead atoms. The van der Waals surface area contributed by atoms with E-state index in [0.29, 0.717) is 35.0 Å². The maximum absolute atomic E-state index is 12.7. The molecule has 3 rings (SSSR count). The van der Waals surface area contributed by atoms with Gasteiger partial charge in [0.2, 0.25) is 5.91 Å². The molecule has 2 heterocycles. The van der Waals surface area contributed by atoms with Crippen LogP contribution < -0.4 is 20.3 Å². The Morgan fingerprint density at radius 1 is 1.41 bits per heavy atom. The molecule has 2 N–H and O–H groups in total. The number of aryl methyl sites for hydroxylation is 2. The van der Waals surface area contributed by atoms with Gasteiger partial charge in [0.05, 0.1) is 19.6 Å². The van der Waals surface area contributed by atoms with Gasteiger partial charge < -0.3 is 19.8 Å². The summed E-state index contributed by atoms with van der Waals surface area (Å²) in [6.45, 7) is 7.41. The minimum Gasteiger partial charge on any atom is -0.497 e. The molecule has 0 aliphatic carbocycles. The van der Waals surface area contributed by atoms with Gasteiger partial charge in [-0.3, -0.25) is 9.59 Å². The molecule has 0 spiro atoms. The lowest BCUT2D eigenvalue weighted by Crippen LogP contribution is -2.42. The third kappa shape index (κ3) is 4.13. The van der Waals surface area contributed by atoms with E-state index in [1.54, 1.807) is 21.0 Å². The first-order valence-electron chi connectivity index (χ1n) is 8.91. The van der Waals surface area contributed by atoms with E-state index in [1.807, 2.05) is 32.0 Å². The number of aromatic nitrogens is 2. The van der Waals surface area contributed by atoms with Crippen LogP contribution in [0.25, 0.3) is 0 Å². The predicted octanol–water partition coefficient (Wildman–Crippen LogP) is 2.36. The minimum absolute atomic E-state index is 0.0162. The summed E-state index contributed by atoms with van der Waals surface area (Å²) in [7, 11) is 1.60. The molecule has 0 saturated carbocycles. The van der Waals surface area contributed by atoms with Crippen molar-refractivity contribution in [2.45, 2.75) is 52.2 Å². The number of carbonyl (C=O) groups excluding carboxylic acids is 1. The molecule has 0 fully saturated rings. The molecule has 0 unspecified atom stereocenters. The zero-order valence-electron chi connectivity index (χ0n) is 16.3. The Bertz CT molecular complexity index is 933. The van der Waals surface area contributed by atoms with Gasteiger partial charge in [0.15, 0.2) is 0 Å². The molecular weight excluding hydrogens is 346 g/mol. The molecule has 7 heteroatoms. The van der Waals surface area contributed by atoms with E-state index in [0.717, 1.165) is 5.56 Å². The highest BCUT2D eigenvalue weighted by Gasteiger charge is 2.35. The quantitative estimate of drug-likeness (QED) is 0.861. The van der Waals surface area contributed by atoms with Crippen molar-refractivity contribution >= 4 is 5.91 Å². The highest BCUT2D eigenvalue weighted by atomic mass is 16.5. The van der Waals surface area contributed by atoms with Crippen molar-refractivity contribution in [3.63, 3.8) is 0 Å². The second-order valence-electron chi connectivity index (χ2n) is 7.48. The SMILES string of the molecule is COc1ccc2c(c1)OC(C)(C)C[C@@H]2NC(=O)Cc1c(C)nc(C)[nH]c1=O. The van der Waals surface area contributed by atoms with Gasteiger partial charge in [-0.15, -0.1) is 0 Å². The summed E-state index contributed by atoms with van der Waals surface area (Å²) in [5, 5.41) is 3.05. The van der Waals surface area contributed by atoms with Crippen molar-refractivity contribution in [1.29, 1.82) is 0 Å². The van der Waals surface area contributed by atoms with Crippen LogP contribution in [0.1, 0.15) is 49.0 Å². The molecule has 7 nitrogen and oxygen atoms in total. The van der Waals surface area contributed by atoms with Gasteiger partial charge in [0.1, 0.15) is 22.9 Å². The van der Waals surface area contributed by atoms with E-state index in [-0.39, 0.29) is 23.9 Å². The Kier molecular flexibility index (Phi) is 4.95. The molecule has 1 aliphatic heterocycles. The van der Waals surface area contributed by atoms with E-state index < -0.39 is 5.60 Å². The van der Waals surface area contributed by atoms with Crippen LogP contribution in [0, 0.1) is 13.8 Å². The number of hydrogen-bond donors (Lipinski definition) is 2. The lowest BCUT2D eigenvalue weighted by atomic mass is 9.89. The van der Waals surface area contributed by atoms with Crippen LogP contribution in [0.2, 0.25) is 0 Å². The Labute approximate surface area is 158 Å². The Morgan fingerprint density at radius 3 is 2.81 bits per heavy atom. The fraction of sp³-hybridized carbons (Fsp3) is 0.450. The van der Waals surface area contributed by atoms with Crippen LogP contribution in [0.3, 0.4) is 0 Å². The average Bonchev–Trinajstić information content (AvgIpc) is 2.56. The third-order valence-corrected chi connectivity index (χ3v) is 4.69. The van der Waals surface area contributed by atoms with Crippen molar-refractivity contribution in [3.8, 4) is 11.5 Å². The van der Waals surface area contributed by atoms with Crippen molar-refractivity contribution in [3.05, 3.63) is 51.2 Å². The molecule has 1 aliphatic rings. The number of H-pyrrole nitrogens is 1. The number of nitrogens with one attached hydrogen (secondary N) is 2. The van der Waals surface area contributed by atoms with Crippen LogP contribution in [-0.4, -0.2) is 28.6 Å². The summed E-state index contributed by atoms with van der Waals surface area (Å²) >= 11 is 0. The van der Waals surface area contributed by atoms with Gasteiger partial charge in [-0.2, -0.15) is 0 Å². The molecular formula is C20H25N3O4. The number of hydrogen-bond acceptors (Lipinski definition) is 5. The maximum atomic E-state index is 12.7. The number of ether oxygens (including phenoxy) is 2. The van der Waals surface area contributed by atoms with Crippen LogP contribution >= 0.6 is 0 Å². The second kappa shape index (κ2) is 7.06. The number of fused-ring (bicyclic) bond motifs is 1. The van der Waals surface area contributed by atoms with E-state index in [9.17, 15) is 9.59 Å². The first-order chi connectivity index (χ1) is 12.7. The van der Waals surface area contributed by atoms with Crippen molar-refractivity contribution in [1.82, 2.24) is 15.3 Å². The summed E-state index contributed by atoms with van der Waals surface area (Å²) < 4.78 is 11.3. The van der Waals surface area contributed by atoms with Gasteiger partial charge in [-0.1, -0.05) is 0 Å². The summed E-state index contributed by atoms with van der Waals surface area (Å²) in [6.07, 6.45) is 0.608. The van der Waals surface area contributed by atoms with Crippen molar-refractivity contribution in [2.24, 2.45) is 0 Å². The van der Waals surface area contributed by atoms with Crippen LogP contribution in [-0.2, 0) is 11.2 Å². The molecule has 0 radical (unpaired) electrons. The largest absolute Gasteiger partial charge is 0.497 e. The Morgan fingerprint density at radius 2 is 2.15 bits per heavy atom. The molecule has 1 amide bonds. The van der Waals surface area contributed by atoms with Crippen molar-refractivity contribution < 1.29 is 14.3 Å². The summed E-state index contributed by atoms with van der Waals surface area (Å²) in [6, 6.07) is 5.37. The molecule has 27 heavy (non-hydrogen) atoms. The van der Waals surface area contributed by atoms with E-state index in [4.69, 9.17) is 9.47 Å². The smallest absolute Gasteiger partial charge is 0.254 e. The standard InChI is InChI=1S/C20H25N3O4/c1-11-15(19(25)22-12(2)21-11)9-18(24)23-16-10-20(3,4)27-17-8-13(26-5)6-7-14(16)17/h6-8,16H,9-10H2,1-5H3,(H,23,24)(H,21,22,25)/t16-/m0/s1. The predicted molar refractivity (Wildman–Crippen MR) is 101 cm³/mol. The lowest BCUT2D eigenvalue weighted by molar-refractivity contribution is -0.121. The number of amides is 1. The Hall–Kier alpha value is -2.83. The topological polar surface area (TPSA) is 93.3 Å². The van der Waals surface area contributed by atoms with E-state index in [2.05, 4.69) is 15.3 Å². The van der Waals surface area contributed by atoms with Gasteiger partial charge in [0, 0.05) is 29.3 Å². The number of rotatable bonds is 4. The summed E-state index contributed by atoms with van der Waals surface area (Å²) in [5.74, 6) is 1.71. The zero-order valence-corrected chi connectivity index (χ0v) is 16.3. The molecule has 1 aromatic carbocycles. The number of benzene rings is 1. The number of nitrogens with zero attached hydrogens (tertiary/aromatic N) is 1. The molecule has 0 saturated heterocycles. The monoisotopic (exact) mass is 371 g/mol. The number of aromatic amines is 1. The van der Waals surface area contributed by atoms with Crippen LogP contribution in [0.5, 0.6) is 11.5 Å².